The number of benzene rings is 3. The van der Waals surface area contributed by atoms with E-state index in [4.69, 9.17) is 18.6 Å². The van der Waals surface area contributed by atoms with E-state index in [1.54, 1.807) is 62.8 Å². The summed E-state index contributed by atoms with van der Waals surface area (Å²) in [5, 5.41) is 2.91. The Balaban J connectivity index is 1.38. The largest absolute Gasteiger partial charge is 0.497 e. The van der Waals surface area contributed by atoms with Crippen LogP contribution in [0.1, 0.15) is 23.6 Å². The molecule has 1 amide bonds. The summed E-state index contributed by atoms with van der Waals surface area (Å²) in [6, 6.07) is 21.1. The molecule has 0 atom stereocenters. The quantitative estimate of drug-likeness (QED) is 0.339. The van der Waals surface area contributed by atoms with Gasteiger partial charge >= 0.3 is 11.7 Å². The summed E-state index contributed by atoms with van der Waals surface area (Å²) in [5.41, 5.74) is 2.69. The number of oxazole rings is 1. The highest BCUT2D eigenvalue weighted by molar-refractivity contribution is 5.81. The zero-order chi connectivity index (χ0) is 25.5. The van der Waals surface area contributed by atoms with E-state index in [9.17, 15) is 14.4 Å². The number of ether oxygens (including phenoxy) is 3. The Kier molecular flexibility index (Phi) is 7.69. The lowest BCUT2D eigenvalue weighted by Crippen LogP contribution is -2.33. The first-order chi connectivity index (χ1) is 17.5. The van der Waals surface area contributed by atoms with E-state index >= 15 is 0 Å². The Morgan fingerprint density at radius 2 is 1.47 bits per heavy atom. The van der Waals surface area contributed by atoms with Crippen molar-refractivity contribution < 1.29 is 28.2 Å². The van der Waals surface area contributed by atoms with Crippen molar-refractivity contribution in [2.75, 3.05) is 20.8 Å². The van der Waals surface area contributed by atoms with Crippen LogP contribution in [0.3, 0.4) is 0 Å². The second-order valence-corrected chi connectivity index (χ2v) is 7.94. The molecule has 0 saturated carbocycles. The van der Waals surface area contributed by atoms with Gasteiger partial charge in [-0.3, -0.25) is 14.2 Å². The van der Waals surface area contributed by atoms with Gasteiger partial charge in [0.2, 0.25) is 0 Å². The summed E-state index contributed by atoms with van der Waals surface area (Å²) in [5.74, 6) is -0.240. The molecule has 0 fully saturated rings. The number of carbonyl (C=O) groups excluding carboxylic acids is 2. The normalized spacial score (nSPS) is 10.9. The molecule has 0 radical (unpaired) electrons. The van der Waals surface area contributed by atoms with E-state index in [0.29, 0.717) is 22.6 Å². The molecule has 4 rings (SSSR count). The Labute approximate surface area is 207 Å². The molecule has 4 aromatic rings. The van der Waals surface area contributed by atoms with Crippen LogP contribution >= 0.6 is 0 Å². The van der Waals surface area contributed by atoms with Gasteiger partial charge in [-0.05, 0) is 47.5 Å². The van der Waals surface area contributed by atoms with E-state index in [1.165, 1.54) is 4.57 Å². The van der Waals surface area contributed by atoms with Crippen LogP contribution in [0, 0.1) is 0 Å². The predicted molar refractivity (Wildman–Crippen MR) is 132 cm³/mol. The van der Waals surface area contributed by atoms with E-state index in [2.05, 4.69) is 5.32 Å². The Hall–Kier alpha value is -4.53. The smallest absolute Gasteiger partial charge is 0.419 e. The number of para-hydroxylation sites is 2. The fourth-order valence-electron chi connectivity index (χ4n) is 3.80. The van der Waals surface area contributed by atoms with Gasteiger partial charge in [0.05, 0.1) is 32.2 Å². The van der Waals surface area contributed by atoms with Crippen molar-refractivity contribution in [1.82, 2.24) is 9.88 Å². The molecule has 1 heterocycles. The molecular weight excluding hydrogens is 464 g/mol. The number of methoxy groups -OCH3 is 2. The summed E-state index contributed by atoms with van der Waals surface area (Å²) in [7, 11) is 3.16. The highest BCUT2D eigenvalue weighted by Gasteiger charge is 2.19. The van der Waals surface area contributed by atoms with Gasteiger partial charge in [0.1, 0.15) is 11.5 Å². The average Bonchev–Trinajstić information content (AvgIpc) is 3.24. The molecule has 9 heteroatoms. The molecule has 186 valence electrons. The maximum absolute atomic E-state index is 12.7. The summed E-state index contributed by atoms with van der Waals surface area (Å²) < 4.78 is 22.1. The predicted octanol–water partition coefficient (Wildman–Crippen LogP) is 3.45. The zero-order valence-electron chi connectivity index (χ0n) is 19.9. The summed E-state index contributed by atoms with van der Waals surface area (Å²) in [4.78, 5) is 37.0. The number of fused-ring (bicyclic) bond motifs is 1. The van der Waals surface area contributed by atoms with E-state index in [-0.39, 0.29) is 13.0 Å². The molecule has 0 unspecified atom stereocenters. The van der Waals surface area contributed by atoms with E-state index < -0.39 is 30.3 Å². The highest BCUT2D eigenvalue weighted by Crippen LogP contribution is 2.26. The highest BCUT2D eigenvalue weighted by atomic mass is 16.5. The molecule has 0 aliphatic carbocycles. The van der Waals surface area contributed by atoms with Crippen molar-refractivity contribution in [3.8, 4) is 11.5 Å². The third-order valence-electron chi connectivity index (χ3n) is 5.68. The Bertz CT molecular complexity index is 1340. The molecule has 0 saturated heterocycles. The first-order valence-electron chi connectivity index (χ1n) is 11.3. The minimum atomic E-state index is -0.604. The summed E-state index contributed by atoms with van der Waals surface area (Å²) >= 11 is 0. The molecule has 9 nitrogen and oxygen atoms in total. The lowest BCUT2D eigenvalue weighted by Gasteiger charge is -2.20. The molecular formula is C27H26N2O7. The van der Waals surface area contributed by atoms with Crippen LogP contribution in [-0.2, 0) is 20.9 Å². The third-order valence-corrected chi connectivity index (χ3v) is 5.68. The minimum absolute atomic E-state index is 0.0800. The van der Waals surface area contributed by atoms with Crippen LogP contribution in [-0.4, -0.2) is 37.3 Å². The van der Waals surface area contributed by atoms with Gasteiger partial charge in [-0.2, -0.15) is 0 Å². The number of rotatable bonds is 10. The minimum Gasteiger partial charge on any atom is -0.497 e. The van der Waals surface area contributed by atoms with Gasteiger partial charge in [-0.1, -0.05) is 36.4 Å². The van der Waals surface area contributed by atoms with Crippen molar-refractivity contribution in [2.45, 2.75) is 19.0 Å². The zero-order valence-corrected chi connectivity index (χ0v) is 19.9. The van der Waals surface area contributed by atoms with Crippen molar-refractivity contribution in [2.24, 2.45) is 0 Å². The fraction of sp³-hybridized carbons (Fsp3) is 0.222. The number of nitrogens with zero attached hydrogens (tertiary/aromatic N) is 1. The van der Waals surface area contributed by atoms with E-state index in [1.807, 2.05) is 24.3 Å². The number of hydrogen-bond donors (Lipinski definition) is 1. The van der Waals surface area contributed by atoms with Crippen molar-refractivity contribution >= 4 is 23.0 Å². The molecule has 0 aliphatic heterocycles. The first-order valence-corrected chi connectivity index (χ1v) is 11.3. The third kappa shape index (κ3) is 5.75. The lowest BCUT2D eigenvalue weighted by molar-refractivity contribution is -0.148. The standard InChI is InChI=1S/C27H26N2O7/c1-33-20-11-7-18(8-12-20)26(19-9-13-21(34-2)14-10-19)28-24(30)17-35-25(31)15-16-29-22-5-3-4-6-23(22)36-27(29)32/h3-14,26H,15-17H2,1-2H3,(H,28,30). The number of esters is 1. The first kappa shape index (κ1) is 24.6. The van der Waals surface area contributed by atoms with Crippen LogP contribution < -0.4 is 20.5 Å². The van der Waals surface area contributed by atoms with Crippen molar-refractivity contribution in [3.63, 3.8) is 0 Å². The number of aromatic nitrogens is 1. The second kappa shape index (κ2) is 11.3. The summed E-state index contributed by atoms with van der Waals surface area (Å²) in [6.45, 7) is -0.376. The van der Waals surface area contributed by atoms with Crippen molar-refractivity contribution in [3.05, 3.63) is 94.5 Å². The Morgan fingerprint density at radius 3 is 2.06 bits per heavy atom. The van der Waals surface area contributed by atoms with Gasteiger partial charge in [0.25, 0.3) is 5.91 Å². The van der Waals surface area contributed by atoms with Gasteiger partial charge in [-0.15, -0.1) is 0 Å². The fourth-order valence-corrected chi connectivity index (χ4v) is 3.80. The number of nitrogens with one attached hydrogen (secondary N) is 1. The monoisotopic (exact) mass is 490 g/mol. The van der Waals surface area contributed by atoms with E-state index in [0.717, 1.165) is 11.1 Å². The topological polar surface area (TPSA) is 109 Å². The molecule has 0 spiro atoms. The van der Waals surface area contributed by atoms with Crippen molar-refractivity contribution in [1.29, 1.82) is 0 Å². The Morgan fingerprint density at radius 1 is 0.889 bits per heavy atom. The number of hydrogen-bond acceptors (Lipinski definition) is 7. The lowest BCUT2D eigenvalue weighted by atomic mass is 9.98. The van der Waals surface area contributed by atoms with Crippen LogP contribution in [0.2, 0.25) is 0 Å². The van der Waals surface area contributed by atoms with Crippen LogP contribution in [0.15, 0.2) is 82.0 Å². The number of carbonyl (C=O) groups is 2. The molecule has 3 aromatic carbocycles. The van der Waals surface area contributed by atoms with Gasteiger partial charge in [-0.25, -0.2) is 4.79 Å². The molecule has 1 N–H and O–H groups in total. The maximum Gasteiger partial charge on any atom is 0.419 e. The second-order valence-electron chi connectivity index (χ2n) is 7.94. The van der Waals surface area contributed by atoms with Gasteiger partial charge < -0.3 is 23.9 Å². The van der Waals surface area contributed by atoms with Crippen LogP contribution in [0.5, 0.6) is 11.5 Å². The molecule has 0 bridgehead atoms. The number of aryl methyl sites for hydroxylation is 1. The van der Waals surface area contributed by atoms with Gasteiger partial charge in [0, 0.05) is 6.54 Å². The molecule has 0 aliphatic rings. The molecule has 36 heavy (non-hydrogen) atoms. The summed E-state index contributed by atoms with van der Waals surface area (Å²) in [6.07, 6.45) is -0.0862. The SMILES string of the molecule is COc1ccc(C(NC(=O)COC(=O)CCn2c(=O)oc3ccccc32)c2ccc(OC)cc2)cc1. The number of amides is 1. The maximum atomic E-state index is 12.7. The average molecular weight is 491 g/mol. The molecule has 1 aromatic heterocycles. The van der Waals surface area contributed by atoms with Gasteiger partial charge in [0.15, 0.2) is 12.2 Å². The van der Waals surface area contributed by atoms with Crippen LogP contribution in [0.4, 0.5) is 0 Å². The van der Waals surface area contributed by atoms with Crippen LogP contribution in [0.25, 0.3) is 11.1 Å².